The lowest BCUT2D eigenvalue weighted by molar-refractivity contribution is 0.241. The summed E-state index contributed by atoms with van der Waals surface area (Å²) < 4.78 is 28.7. The standard InChI is InChI=1S/C20H25N5O4S/c1-29-18-7-9-21-19(23-18)24-10-3-4-15(13-24)22-20(26)25-11-8-14-12-16(30(2,27)28)5-6-17(14)25/h5-7,9,12,15H,3-4,8,10-11,13H2,1-2H3,(H,22,26). The van der Waals surface area contributed by atoms with Crippen molar-refractivity contribution in [3.8, 4) is 5.88 Å². The van der Waals surface area contributed by atoms with Crippen LogP contribution in [0.3, 0.4) is 0 Å². The Morgan fingerprint density at radius 1 is 1.27 bits per heavy atom. The fourth-order valence-corrected chi connectivity index (χ4v) is 4.62. The van der Waals surface area contributed by atoms with Gasteiger partial charge in [0.1, 0.15) is 0 Å². The summed E-state index contributed by atoms with van der Waals surface area (Å²) in [5, 5.41) is 3.12. The molecule has 160 valence electrons. The Bertz CT molecular complexity index is 1060. The summed E-state index contributed by atoms with van der Waals surface area (Å²) in [5.41, 5.74) is 1.65. The van der Waals surface area contributed by atoms with Crippen LogP contribution in [-0.4, -0.2) is 63.5 Å². The molecule has 0 aliphatic carbocycles. The average Bonchev–Trinajstić information content (AvgIpc) is 3.17. The first-order valence-corrected chi connectivity index (χ1v) is 11.8. The molecule has 1 fully saturated rings. The second kappa shape index (κ2) is 8.10. The van der Waals surface area contributed by atoms with Gasteiger partial charge < -0.3 is 15.0 Å². The number of nitrogens with one attached hydrogen (secondary N) is 1. The van der Waals surface area contributed by atoms with Gasteiger partial charge in [-0.15, -0.1) is 0 Å². The van der Waals surface area contributed by atoms with Crippen LogP contribution in [0.1, 0.15) is 18.4 Å². The number of hydrogen-bond acceptors (Lipinski definition) is 7. The van der Waals surface area contributed by atoms with Crippen molar-refractivity contribution in [3.05, 3.63) is 36.0 Å². The van der Waals surface area contributed by atoms with Crippen molar-refractivity contribution in [1.29, 1.82) is 0 Å². The third-order valence-electron chi connectivity index (χ3n) is 5.48. The molecule has 0 saturated carbocycles. The van der Waals surface area contributed by atoms with Crippen LogP contribution < -0.4 is 19.9 Å². The fourth-order valence-electron chi connectivity index (χ4n) is 3.95. The topological polar surface area (TPSA) is 105 Å². The number of urea groups is 1. The summed E-state index contributed by atoms with van der Waals surface area (Å²) in [5.74, 6) is 1.10. The monoisotopic (exact) mass is 431 g/mol. The number of rotatable bonds is 4. The van der Waals surface area contributed by atoms with E-state index in [0.717, 1.165) is 30.6 Å². The zero-order valence-electron chi connectivity index (χ0n) is 17.0. The second-order valence-electron chi connectivity index (χ2n) is 7.60. The van der Waals surface area contributed by atoms with Crippen molar-refractivity contribution in [2.45, 2.75) is 30.2 Å². The number of hydrogen-bond donors (Lipinski definition) is 1. The lowest BCUT2D eigenvalue weighted by Gasteiger charge is -2.34. The second-order valence-corrected chi connectivity index (χ2v) is 9.61. The molecule has 3 heterocycles. The third-order valence-corrected chi connectivity index (χ3v) is 6.59. The molecule has 1 aromatic heterocycles. The van der Waals surface area contributed by atoms with Gasteiger partial charge in [0, 0.05) is 49.9 Å². The van der Waals surface area contributed by atoms with Crippen LogP contribution in [0.2, 0.25) is 0 Å². The molecule has 2 aliphatic rings. The number of ether oxygens (including phenoxy) is 1. The number of carbonyl (C=O) groups excluding carboxylic acids is 1. The van der Waals surface area contributed by atoms with E-state index in [1.165, 1.54) is 6.26 Å². The van der Waals surface area contributed by atoms with Crippen molar-refractivity contribution in [1.82, 2.24) is 15.3 Å². The Morgan fingerprint density at radius 3 is 2.87 bits per heavy atom. The minimum absolute atomic E-state index is 0.0274. The molecule has 4 rings (SSSR count). The maximum atomic E-state index is 12.9. The molecule has 1 N–H and O–H groups in total. The summed E-state index contributed by atoms with van der Waals surface area (Å²) in [6, 6.07) is 6.45. The van der Waals surface area contributed by atoms with E-state index in [-0.39, 0.29) is 17.0 Å². The third kappa shape index (κ3) is 4.18. The number of sulfone groups is 1. The number of fused-ring (bicyclic) bond motifs is 1. The summed E-state index contributed by atoms with van der Waals surface area (Å²) >= 11 is 0. The Balaban J connectivity index is 1.43. The minimum atomic E-state index is -3.27. The van der Waals surface area contributed by atoms with Crippen LogP contribution >= 0.6 is 0 Å². The number of carbonyl (C=O) groups is 1. The maximum absolute atomic E-state index is 12.9. The quantitative estimate of drug-likeness (QED) is 0.784. The highest BCUT2D eigenvalue weighted by Crippen LogP contribution is 2.30. The summed E-state index contributed by atoms with van der Waals surface area (Å²) in [6.45, 7) is 1.97. The Hall–Kier alpha value is -2.88. The van der Waals surface area contributed by atoms with E-state index in [4.69, 9.17) is 4.74 Å². The van der Waals surface area contributed by atoms with E-state index < -0.39 is 9.84 Å². The van der Waals surface area contributed by atoms with Gasteiger partial charge in [-0.1, -0.05) is 0 Å². The van der Waals surface area contributed by atoms with Crippen molar-refractivity contribution in [2.75, 3.05) is 42.8 Å². The van der Waals surface area contributed by atoms with Crippen LogP contribution in [0, 0.1) is 0 Å². The molecule has 1 unspecified atom stereocenters. The zero-order chi connectivity index (χ0) is 21.3. The summed E-state index contributed by atoms with van der Waals surface area (Å²) in [6.07, 6.45) is 5.28. The highest BCUT2D eigenvalue weighted by molar-refractivity contribution is 7.90. The van der Waals surface area contributed by atoms with Crippen LogP contribution in [0.15, 0.2) is 35.4 Å². The van der Waals surface area contributed by atoms with Gasteiger partial charge >= 0.3 is 6.03 Å². The molecular formula is C20H25N5O4S. The molecule has 9 nitrogen and oxygen atoms in total. The van der Waals surface area contributed by atoms with E-state index in [9.17, 15) is 13.2 Å². The van der Waals surface area contributed by atoms with Gasteiger partial charge in [-0.2, -0.15) is 4.98 Å². The predicted molar refractivity (Wildman–Crippen MR) is 113 cm³/mol. The van der Waals surface area contributed by atoms with Gasteiger partial charge in [-0.3, -0.25) is 4.90 Å². The van der Waals surface area contributed by atoms with Crippen molar-refractivity contribution >= 4 is 27.5 Å². The molecule has 2 aliphatic heterocycles. The molecule has 1 saturated heterocycles. The average molecular weight is 432 g/mol. The van der Waals surface area contributed by atoms with Crippen molar-refractivity contribution < 1.29 is 17.9 Å². The normalized spacial score (nSPS) is 18.8. The van der Waals surface area contributed by atoms with E-state index in [2.05, 4.69) is 15.3 Å². The van der Waals surface area contributed by atoms with Gasteiger partial charge in [-0.25, -0.2) is 18.2 Å². The number of benzene rings is 1. The van der Waals surface area contributed by atoms with Gasteiger partial charge in [0.2, 0.25) is 11.8 Å². The molecule has 0 spiro atoms. The van der Waals surface area contributed by atoms with Crippen LogP contribution in [0.5, 0.6) is 5.88 Å². The smallest absolute Gasteiger partial charge is 0.322 e. The Morgan fingerprint density at radius 2 is 2.10 bits per heavy atom. The van der Waals surface area contributed by atoms with Crippen molar-refractivity contribution in [2.24, 2.45) is 0 Å². The zero-order valence-corrected chi connectivity index (χ0v) is 17.9. The van der Waals surface area contributed by atoms with E-state index in [1.807, 2.05) is 4.90 Å². The number of anilines is 2. The van der Waals surface area contributed by atoms with Gasteiger partial charge in [0.25, 0.3) is 0 Å². The van der Waals surface area contributed by atoms with E-state index in [0.29, 0.717) is 31.3 Å². The summed E-state index contributed by atoms with van der Waals surface area (Å²) in [7, 11) is -1.70. The van der Waals surface area contributed by atoms with E-state index in [1.54, 1.807) is 42.5 Å². The number of piperidine rings is 1. The number of aromatic nitrogens is 2. The lowest BCUT2D eigenvalue weighted by atomic mass is 10.1. The minimum Gasteiger partial charge on any atom is -0.481 e. The molecule has 0 radical (unpaired) electrons. The first-order valence-electron chi connectivity index (χ1n) is 9.88. The van der Waals surface area contributed by atoms with E-state index >= 15 is 0 Å². The number of methoxy groups -OCH3 is 1. The molecule has 2 amide bonds. The molecule has 1 atom stereocenters. The molecule has 1 aromatic carbocycles. The first kappa shape index (κ1) is 20.4. The molecule has 30 heavy (non-hydrogen) atoms. The summed E-state index contributed by atoms with van der Waals surface area (Å²) in [4.78, 5) is 25.6. The molecular weight excluding hydrogens is 406 g/mol. The maximum Gasteiger partial charge on any atom is 0.322 e. The Kier molecular flexibility index (Phi) is 5.50. The highest BCUT2D eigenvalue weighted by Gasteiger charge is 2.29. The van der Waals surface area contributed by atoms with Gasteiger partial charge in [0.15, 0.2) is 9.84 Å². The lowest BCUT2D eigenvalue weighted by Crippen LogP contribution is -2.51. The molecule has 10 heteroatoms. The highest BCUT2D eigenvalue weighted by atomic mass is 32.2. The molecule has 2 aromatic rings. The van der Waals surface area contributed by atoms with Crippen molar-refractivity contribution in [3.63, 3.8) is 0 Å². The largest absolute Gasteiger partial charge is 0.481 e. The number of amides is 2. The number of nitrogens with zero attached hydrogens (tertiary/aromatic N) is 4. The SMILES string of the molecule is COc1ccnc(N2CCCC(NC(=O)N3CCc4cc(S(C)(=O)=O)ccc43)C2)n1. The first-order chi connectivity index (χ1) is 14.3. The van der Waals surface area contributed by atoms with Crippen LogP contribution in [0.25, 0.3) is 0 Å². The van der Waals surface area contributed by atoms with Gasteiger partial charge in [-0.05, 0) is 43.0 Å². The molecule has 0 bridgehead atoms. The van der Waals surface area contributed by atoms with Crippen LogP contribution in [0.4, 0.5) is 16.4 Å². The fraction of sp³-hybridized carbons (Fsp3) is 0.450. The van der Waals surface area contributed by atoms with Crippen LogP contribution in [-0.2, 0) is 16.3 Å². The Labute approximate surface area is 176 Å². The predicted octanol–water partition coefficient (Wildman–Crippen LogP) is 1.63. The van der Waals surface area contributed by atoms with Gasteiger partial charge in [0.05, 0.1) is 12.0 Å².